The molecule has 1 aromatic carbocycles. The maximum absolute atomic E-state index is 12.6. The Morgan fingerprint density at radius 1 is 1.03 bits per heavy atom. The molecular weight excluding hydrogens is 378 g/mol. The molecule has 1 amide bonds. The van der Waals surface area contributed by atoms with Crippen molar-refractivity contribution in [2.24, 2.45) is 10.8 Å². The van der Waals surface area contributed by atoms with E-state index in [9.17, 15) is 9.59 Å². The smallest absolute Gasteiger partial charge is 0.410 e. The maximum atomic E-state index is 12.6. The van der Waals surface area contributed by atoms with Crippen molar-refractivity contribution in [3.8, 4) is 0 Å². The molecule has 0 unspecified atom stereocenters. The zero-order chi connectivity index (χ0) is 22.3. The van der Waals surface area contributed by atoms with Gasteiger partial charge in [-0.15, -0.1) is 0 Å². The first-order chi connectivity index (χ1) is 13.9. The molecule has 0 aromatic heterocycles. The lowest BCUT2D eigenvalue weighted by Gasteiger charge is -2.50. The molecule has 0 bridgehead atoms. The number of carbonyl (C=O) groups excluding carboxylic acids is 2. The number of benzene rings is 1. The van der Waals surface area contributed by atoms with E-state index >= 15 is 0 Å². The van der Waals surface area contributed by atoms with Crippen LogP contribution in [-0.2, 0) is 9.47 Å². The van der Waals surface area contributed by atoms with Crippen LogP contribution in [0.5, 0.6) is 0 Å². The average Bonchev–Trinajstić information content (AvgIpc) is 2.65. The average molecular weight is 412 g/mol. The summed E-state index contributed by atoms with van der Waals surface area (Å²) < 4.78 is 10.4. The van der Waals surface area contributed by atoms with Crippen LogP contribution in [-0.4, -0.2) is 42.8 Å². The van der Waals surface area contributed by atoms with Gasteiger partial charge in [0.2, 0.25) is 0 Å². The molecule has 1 aromatic rings. The van der Waals surface area contributed by atoms with Crippen LogP contribution in [0.2, 0.25) is 0 Å². The van der Waals surface area contributed by atoms with E-state index in [1.165, 1.54) is 18.3 Å². The lowest BCUT2D eigenvalue weighted by Crippen LogP contribution is -2.49. The Kier molecular flexibility index (Phi) is 5.61. The number of hydrogen-bond donors (Lipinski definition) is 0. The van der Waals surface area contributed by atoms with E-state index in [1.807, 2.05) is 45.0 Å². The summed E-state index contributed by atoms with van der Waals surface area (Å²) in [6.07, 6.45) is 5.06. The summed E-state index contributed by atoms with van der Waals surface area (Å²) in [5.74, 6) is -0.330. The third-order valence-electron chi connectivity index (χ3n) is 6.08. The number of fused-ring (bicyclic) bond motifs is 1. The molecule has 0 fully saturated rings. The molecule has 1 aliphatic heterocycles. The highest BCUT2D eigenvalue weighted by Crippen LogP contribution is 2.55. The molecule has 2 aliphatic rings. The van der Waals surface area contributed by atoms with E-state index in [0.29, 0.717) is 18.7 Å². The van der Waals surface area contributed by atoms with Gasteiger partial charge in [-0.2, -0.15) is 0 Å². The lowest BCUT2D eigenvalue weighted by atomic mass is 9.58. The molecule has 162 valence electrons. The first kappa shape index (κ1) is 22.1. The fourth-order valence-corrected chi connectivity index (χ4v) is 4.78. The zero-order valence-electron chi connectivity index (χ0n) is 19.2. The zero-order valence-corrected chi connectivity index (χ0v) is 19.2. The first-order valence-corrected chi connectivity index (χ1v) is 10.5. The fourth-order valence-electron chi connectivity index (χ4n) is 4.78. The summed E-state index contributed by atoms with van der Waals surface area (Å²) in [6.45, 7) is 13.6. The summed E-state index contributed by atoms with van der Waals surface area (Å²) in [6, 6.07) is 7.59. The highest BCUT2D eigenvalue weighted by Gasteiger charge is 2.46. The first-order valence-electron chi connectivity index (χ1n) is 10.5. The molecule has 5 nitrogen and oxygen atoms in total. The van der Waals surface area contributed by atoms with Gasteiger partial charge in [-0.25, -0.2) is 9.59 Å². The number of amides is 1. The Labute approximate surface area is 179 Å². The Bertz CT molecular complexity index is 902. The minimum absolute atomic E-state index is 0.131. The number of rotatable bonds is 2. The van der Waals surface area contributed by atoms with Gasteiger partial charge in [0, 0.05) is 23.9 Å². The highest BCUT2D eigenvalue weighted by molar-refractivity contribution is 5.90. The number of nitrogens with zero attached hydrogens (tertiary/aromatic N) is 1. The minimum Gasteiger partial charge on any atom is -0.465 e. The van der Waals surface area contributed by atoms with Crippen LogP contribution in [0.4, 0.5) is 4.79 Å². The summed E-state index contributed by atoms with van der Waals surface area (Å²) in [4.78, 5) is 26.2. The van der Waals surface area contributed by atoms with Crippen molar-refractivity contribution in [2.75, 3.05) is 20.2 Å². The van der Waals surface area contributed by atoms with Gasteiger partial charge in [-0.1, -0.05) is 50.6 Å². The Balaban J connectivity index is 1.87. The number of ether oxygens (including phenoxy) is 2. The normalized spacial score (nSPS) is 23.1. The highest BCUT2D eigenvalue weighted by atomic mass is 16.6. The molecule has 0 N–H and O–H groups in total. The number of carbonyl (C=O) groups is 2. The van der Waals surface area contributed by atoms with E-state index in [0.717, 1.165) is 12.0 Å². The molecule has 5 heteroatoms. The van der Waals surface area contributed by atoms with Crippen LogP contribution in [0, 0.1) is 10.8 Å². The molecule has 0 saturated heterocycles. The quantitative estimate of drug-likeness (QED) is 0.478. The largest absolute Gasteiger partial charge is 0.465 e. The Hall–Kier alpha value is -2.56. The number of allylic oxidation sites excluding steroid dienone is 2. The van der Waals surface area contributed by atoms with Crippen LogP contribution in [0.1, 0.15) is 63.9 Å². The molecule has 1 atom stereocenters. The van der Waals surface area contributed by atoms with E-state index in [1.54, 1.807) is 4.90 Å². The summed E-state index contributed by atoms with van der Waals surface area (Å²) in [5.41, 5.74) is 3.43. The number of hydrogen-bond acceptors (Lipinski definition) is 4. The van der Waals surface area contributed by atoms with Gasteiger partial charge >= 0.3 is 12.1 Å². The van der Waals surface area contributed by atoms with Crippen molar-refractivity contribution in [3.63, 3.8) is 0 Å². The van der Waals surface area contributed by atoms with E-state index in [2.05, 4.69) is 32.9 Å². The molecule has 3 rings (SSSR count). The van der Waals surface area contributed by atoms with Crippen LogP contribution >= 0.6 is 0 Å². The van der Waals surface area contributed by atoms with Crippen LogP contribution < -0.4 is 0 Å². The monoisotopic (exact) mass is 411 g/mol. The molecule has 30 heavy (non-hydrogen) atoms. The van der Waals surface area contributed by atoms with Crippen LogP contribution in [0.25, 0.3) is 5.57 Å². The number of esters is 1. The molecule has 0 radical (unpaired) electrons. The molecular formula is C25H33NO4. The van der Waals surface area contributed by atoms with Crippen molar-refractivity contribution < 1.29 is 19.1 Å². The molecule has 0 spiro atoms. The van der Waals surface area contributed by atoms with Crippen molar-refractivity contribution in [2.45, 2.75) is 53.6 Å². The van der Waals surface area contributed by atoms with Crippen LogP contribution in [0.15, 0.2) is 42.0 Å². The second-order valence-corrected chi connectivity index (χ2v) is 10.1. The van der Waals surface area contributed by atoms with Crippen molar-refractivity contribution in [1.82, 2.24) is 4.90 Å². The van der Waals surface area contributed by atoms with Gasteiger partial charge in [0.05, 0.1) is 12.7 Å². The second-order valence-electron chi connectivity index (χ2n) is 10.1. The topological polar surface area (TPSA) is 55.8 Å². The lowest BCUT2D eigenvalue weighted by molar-refractivity contribution is 0.0181. The molecule has 1 aliphatic carbocycles. The third-order valence-corrected chi connectivity index (χ3v) is 6.08. The summed E-state index contributed by atoms with van der Waals surface area (Å²) >= 11 is 0. The predicted octanol–water partition coefficient (Wildman–Crippen LogP) is 5.47. The van der Waals surface area contributed by atoms with Crippen molar-refractivity contribution >= 4 is 17.6 Å². The molecule has 0 saturated carbocycles. The third kappa shape index (κ3) is 4.16. The van der Waals surface area contributed by atoms with Gasteiger partial charge in [-0.05, 0) is 50.5 Å². The van der Waals surface area contributed by atoms with E-state index in [-0.39, 0.29) is 22.9 Å². The second kappa shape index (κ2) is 7.60. The van der Waals surface area contributed by atoms with E-state index in [4.69, 9.17) is 9.47 Å². The molecule has 1 heterocycles. The van der Waals surface area contributed by atoms with Gasteiger partial charge in [0.1, 0.15) is 5.60 Å². The van der Waals surface area contributed by atoms with Crippen LogP contribution in [0.3, 0.4) is 0 Å². The van der Waals surface area contributed by atoms with E-state index < -0.39 is 5.60 Å². The van der Waals surface area contributed by atoms with Gasteiger partial charge in [0.15, 0.2) is 0 Å². The summed E-state index contributed by atoms with van der Waals surface area (Å²) in [5, 5.41) is 0. The van der Waals surface area contributed by atoms with Gasteiger partial charge in [-0.3, -0.25) is 0 Å². The SMILES string of the molecule is COC(=O)c1ccc(C2=CC[C@]3(C)CN(C(=O)OC(C)(C)C)CC=C3C2(C)C)cc1. The number of methoxy groups -OCH3 is 1. The predicted molar refractivity (Wildman–Crippen MR) is 118 cm³/mol. The van der Waals surface area contributed by atoms with Crippen molar-refractivity contribution in [1.29, 1.82) is 0 Å². The standard InChI is InChI=1S/C25H33NO4/c1-23(2,3)30-22(28)26-15-13-20-24(4,5)19(12-14-25(20,6)16-26)17-8-10-18(11-9-17)21(27)29-7/h8-13H,14-16H2,1-7H3/t25-/m1/s1. The maximum Gasteiger partial charge on any atom is 0.410 e. The van der Waals surface area contributed by atoms with Gasteiger partial charge in [0.25, 0.3) is 0 Å². The minimum atomic E-state index is -0.503. The fraction of sp³-hybridized carbons (Fsp3) is 0.520. The van der Waals surface area contributed by atoms with Gasteiger partial charge < -0.3 is 14.4 Å². The summed E-state index contributed by atoms with van der Waals surface area (Å²) in [7, 11) is 1.39. The van der Waals surface area contributed by atoms with Crippen molar-refractivity contribution in [3.05, 3.63) is 53.1 Å². The Morgan fingerprint density at radius 3 is 2.23 bits per heavy atom. The Morgan fingerprint density at radius 2 is 1.67 bits per heavy atom.